The Balaban J connectivity index is 4.79. The number of amides is 3. The first-order chi connectivity index (χ1) is 9.18. The highest BCUT2D eigenvalue weighted by Crippen LogP contribution is 1.95. The molecule has 0 rings (SSSR count). The summed E-state index contributed by atoms with van der Waals surface area (Å²) in [5, 5.41) is 21.6. The van der Waals surface area contributed by atoms with Gasteiger partial charge in [0.05, 0.1) is 13.0 Å². The van der Waals surface area contributed by atoms with Crippen molar-refractivity contribution < 1.29 is 29.4 Å². The molecule has 0 aliphatic heterocycles. The number of aliphatic hydroxyl groups is 1. The van der Waals surface area contributed by atoms with Crippen LogP contribution in [-0.4, -0.2) is 58.6 Å². The predicted molar refractivity (Wildman–Crippen MR) is 66.0 cm³/mol. The van der Waals surface area contributed by atoms with Gasteiger partial charge in [0.25, 0.3) is 0 Å². The maximum atomic E-state index is 11.7. The summed E-state index contributed by atoms with van der Waals surface area (Å²) in [6.45, 7) is 0.561. The summed E-state index contributed by atoms with van der Waals surface area (Å²) in [6, 6.07) is -3.84. The molecule has 0 saturated carbocycles. The van der Waals surface area contributed by atoms with E-state index in [4.69, 9.17) is 21.7 Å². The number of hydrogen-bond donors (Lipinski definition) is 6. The number of aliphatic carboxylic acids is 1. The number of hydrogen-bond acceptors (Lipinski definition) is 6. The minimum absolute atomic E-state index is 0.526. The Morgan fingerprint density at radius 2 is 1.70 bits per heavy atom. The summed E-state index contributed by atoms with van der Waals surface area (Å²) in [5.74, 6) is -3.91. The first-order valence-electron chi connectivity index (χ1n) is 5.67. The Morgan fingerprint density at radius 1 is 1.15 bits per heavy atom. The molecule has 20 heavy (non-hydrogen) atoms. The molecule has 0 radical (unpaired) electrons. The third-order valence-electron chi connectivity index (χ3n) is 2.30. The molecule has 3 amide bonds. The van der Waals surface area contributed by atoms with Crippen LogP contribution in [0.3, 0.4) is 0 Å². The molecule has 10 heteroatoms. The molecule has 0 heterocycles. The third-order valence-corrected chi connectivity index (χ3v) is 2.30. The Hall–Kier alpha value is -2.20. The zero-order valence-electron chi connectivity index (χ0n) is 10.8. The van der Waals surface area contributed by atoms with E-state index < -0.39 is 54.8 Å². The Bertz CT molecular complexity index is 399. The molecule has 0 aliphatic carbocycles. The number of carbonyl (C=O) groups excluding carboxylic acids is 3. The van der Waals surface area contributed by atoms with Crippen molar-refractivity contribution in [2.75, 3.05) is 6.61 Å². The van der Waals surface area contributed by atoms with Gasteiger partial charge in [0.15, 0.2) is 0 Å². The lowest BCUT2D eigenvalue weighted by atomic mass is 10.1. The topological polar surface area (TPSA) is 185 Å². The van der Waals surface area contributed by atoms with Gasteiger partial charge in [-0.25, -0.2) is 0 Å². The molecular formula is C10H18N4O6. The highest BCUT2D eigenvalue weighted by atomic mass is 16.4. The summed E-state index contributed by atoms with van der Waals surface area (Å²) in [4.78, 5) is 44.6. The van der Waals surface area contributed by atoms with Crippen LogP contribution in [-0.2, 0) is 19.2 Å². The van der Waals surface area contributed by atoms with Crippen molar-refractivity contribution in [1.29, 1.82) is 0 Å². The van der Waals surface area contributed by atoms with Gasteiger partial charge >= 0.3 is 5.97 Å². The molecule has 10 nitrogen and oxygen atoms in total. The van der Waals surface area contributed by atoms with Gasteiger partial charge in [0.2, 0.25) is 17.7 Å². The zero-order valence-corrected chi connectivity index (χ0v) is 10.8. The van der Waals surface area contributed by atoms with Crippen LogP contribution < -0.4 is 22.1 Å². The van der Waals surface area contributed by atoms with Gasteiger partial charge in [-0.1, -0.05) is 0 Å². The molecular weight excluding hydrogens is 272 g/mol. The lowest BCUT2D eigenvalue weighted by Gasteiger charge is -2.20. The molecule has 3 atom stereocenters. The number of carbonyl (C=O) groups is 4. The fourth-order valence-corrected chi connectivity index (χ4v) is 1.15. The fraction of sp³-hybridized carbons (Fsp3) is 0.600. The van der Waals surface area contributed by atoms with Crippen molar-refractivity contribution >= 4 is 23.7 Å². The second kappa shape index (κ2) is 8.07. The van der Waals surface area contributed by atoms with Crippen molar-refractivity contribution in [2.45, 2.75) is 31.5 Å². The van der Waals surface area contributed by atoms with Crippen molar-refractivity contribution in [2.24, 2.45) is 11.5 Å². The SMILES string of the molecule is C[C@H](NC(=O)[C@H](CC(N)=O)NC(=O)[C@@H](N)CO)C(=O)O. The first kappa shape index (κ1) is 17.8. The number of carboxylic acid groups (broad SMARTS) is 1. The summed E-state index contributed by atoms with van der Waals surface area (Å²) in [5.41, 5.74) is 10.2. The van der Waals surface area contributed by atoms with E-state index in [-0.39, 0.29) is 0 Å². The average Bonchev–Trinajstić information content (AvgIpc) is 2.35. The van der Waals surface area contributed by atoms with Crippen molar-refractivity contribution in [3.05, 3.63) is 0 Å². The molecule has 0 aliphatic rings. The number of nitrogens with one attached hydrogen (secondary N) is 2. The quantitative estimate of drug-likeness (QED) is 0.265. The van der Waals surface area contributed by atoms with Gasteiger partial charge < -0.3 is 32.3 Å². The minimum atomic E-state index is -1.36. The van der Waals surface area contributed by atoms with Crippen LogP contribution in [0.2, 0.25) is 0 Å². The van der Waals surface area contributed by atoms with Crippen LogP contribution >= 0.6 is 0 Å². The molecule has 0 aromatic rings. The van der Waals surface area contributed by atoms with Gasteiger partial charge in [-0.05, 0) is 6.92 Å². The summed E-state index contributed by atoms with van der Waals surface area (Å²) in [7, 11) is 0. The summed E-state index contributed by atoms with van der Waals surface area (Å²) < 4.78 is 0. The largest absolute Gasteiger partial charge is 0.480 e. The third kappa shape index (κ3) is 6.11. The monoisotopic (exact) mass is 290 g/mol. The lowest BCUT2D eigenvalue weighted by Crippen LogP contribution is -2.55. The first-order valence-corrected chi connectivity index (χ1v) is 5.67. The molecule has 0 spiro atoms. The van der Waals surface area contributed by atoms with Crippen LogP contribution in [0.15, 0.2) is 0 Å². The molecule has 0 fully saturated rings. The number of carboxylic acids is 1. The van der Waals surface area contributed by atoms with Gasteiger partial charge in [-0.3, -0.25) is 19.2 Å². The molecule has 0 saturated heterocycles. The number of nitrogens with two attached hydrogens (primary N) is 2. The Labute approximate surface area is 114 Å². The maximum absolute atomic E-state index is 11.7. The second-order valence-electron chi connectivity index (χ2n) is 4.09. The van der Waals surface area contributed by atoms with Gasteiger partial charge in [0, 0.05) is 0 Å². The zero-order chi connectivity index (χ0) is 15.9. The fourth-order valence-electron chi connectivity index (χ4n) is 1.15. The predicted octanol–water partition coefficient (Wildman–Crippen LogP) is -3.74. The summed E-state index contributed by atoms with van der Waals surface area (Å²) in [6.07, 6.45) is -0.526. The lowest BCUT2D eigenvalue weighted by molar-refractivity contribution is -0.141. The second-order valence-corrected chi connectivity index (χ2v) is 4.09. The normalized spacial score (nSPS) is 14.8. The number of aliphatic hydroxyl groups excluding tert-OH is 1. The molecule has 0 unspecified atom stereocenters. The van der Waals surface area contributed by atoms with E-state index >= 15 is 0 Å². The van der Waals surface area contributed by atoms with E-state index in [2.05, 4.69) is 10.6 Å². The van der Waals surface area contributed by atoms with Gasteiger partial charge in [0.1, 0.15) is 18.1 Å². The van der Waals surface area contributed by atoms with Crippen LogP contribution in [0.25, 0.3) is 0 Å². The van der Waals surface area contributed by atoms with E-state index in [1.807, 2.05) is 0 Å². The Kier molecular flexibility index (Phi) is 7.18. The van der Waals surface area contributed by atoms with Crippen molar-refractivity contribution in [3.8, 4) is 0 Å². The standard InChI is InChI=1S/C10H18N4O6/c1-4(10(19)20)13-9(18)6(2-7(12)16)14-8(17)5(11)3-15/h4-6,15H,2-3,11H2,1H3,(H2,12,16)(H,13,18)(H,14,17)(H,19,20)/t4-,5-,6-/m0/s1. The molecule has 0 aromatic heterocycles. The number of rotatable bonds is 8. The minimum Gasteiger partial charge on any atom is -0.480 e. The molecule has 0 bridgehead atoms. The molecule has 8 N–H and O–H groups in total. The Morgan fingerprint density at radius 3 is 2.10 bits per heavy atom. The highest BCUT2D eigenvalue weighted by Gasteiger charge is 2.27. The molecule has 0 aromatic carbocycles. The average molecular weight is 290 g/mol. The van der Waals surface area contributed by atoms with Crippen LogP contribution in [0.5, 0.6) is 0 Å². The van der Waals surface area contributed by atoms with Crippen molar-refractivity contribution in [1.82, 2.24) is 10.6 Å². The van der Waals surface area contributed by atoms with Crippen LogP contribution in [0.4, 0.5) is 0 Å². The van der Waals surface area contributed by atoms with E-state index in [1.165, 1.54) is 6.92 Å². The summed E-state index contributed by atoms with van der Waals surface area (Å²) >= 11 is 0. The van der Waals surface area contributed by atoms with E-state index in [1.54, 1.807) is 0 Å². The van der Waals surface area contributed by atoms with Crippen LogP contribution in [0.1, 0.15) is 13.3 Å². The van der Waals surface area contributed by atoms with Gasteiger partial charge in [-0.15, -0.1) is 0 Å². The van der Waals surface area contributed by atoms with E-state index in [0.717, 1.165) is 0 Å². The van der Waals surface area contributed by atoms with Crippen molar-refractivity contribution in [3.63, 3.8) is 0 Å². The smallest absolute Gasteiger partial charge is 0.325 e. The van der Waals surface area contributed by atoms with E-state index in [0.29, 0.717) is 0 Å². The number of primary amides is 1. The van der Waals surface area contributed by atoms with Gasteiger partial charge in [-0.2, -0.15) is 0 Å². The van der Waals surface area contributed by atoms with E-state index in [9.17, 15) is 19.2 Å². The highest BCUT2D eigenvalue weighted by molar-refractivity contribution is 5.94. The maximum Gasteiger partial charge on any atom is 0.325 e. The molecule has 114 valence electrons. The van der Waals surface area contributed by atoms with Crippen LogP contribution in [0, 0.1) is 0 Å².